The van der Waals surface area contributed by atoms with E-state index in [9.17, 15) is 9.59 Å². The second-order valence-electron chi connectivity index (χ2n) is 7.25. The van der Waals surface area contributed by atoms with Crippen molar-refractivity contribution in [3.8, 4) is 0 Å². The molecule has 1 unspecified atom stereocenters. The van der Waals surface area contributed by atoms with Gasteiger partial charge in [-0.2, -0.15) is 0 Å². The van der Waals surface area contributed by atoms with Crippen molar-refractivity contribution >= 4 is 17.5 Å². The minimum atomic E-state index is -0.188. The lowest BCUT2D eigenvalue weighted by Gasteiger charge is -2.24. The number of carbonyl (C=O) groups excluding carboxylic acids is 2. The lowest BCUT2D eigenvalue weighted by Crippen LogP contribution is -2.31. The Balaban J connectivity index is 1.39. The molecule has 2 amide bonds. The summed E-state index contributed by atoms with van der Waals surface area (Å²) >= 11 is 0. The Morgan fingerprint density at radius 1 is 1.00 bits per heavy atom. The van der Waals surface area contributed by atoms with Crippen LogP contribution in [0, 0.1) is 0 Å². The number of benzene rings is 2. The van der Waals surface area contributed by atoms with Gasteiger partial charge in [0.1, 0.15) is 0 Å². The van der Waals surface area contributed by atoms with Crippen molar-refractivity contribution in [2.45, 2.75) is 31.7 Å². The average molecular weight is 385 g/mol. The zero-order valence-electron chi connectivity index (χ0n) is 16.1. The minimum absolute atomic E-state index is 0.0587. The first kappa shape index (κ1) is 18.9. The molecule has 0 aliphatic heterocycles. The Morgan fingerprint density at radius 2 is 1.83 bits per heavy atom. The molecule has 29 heavy (non-hydrogen) atoms. The number of pyridine rings is 1. The van der Waals surface area contributed by atoms with E-state index in [-0.39, 0.29) is 17.7 Å². The molecule has 0 saturated carbocycles. The molecule has 2 N–H and O–H groups in total. The van der Waals surface area contributed by atoms with Gasteiger partial charge in [-0.05, 0) is 60.2 Å². The van der Waals surface area contributed by atoms with E-state index in [0.717, 1.165) is 30.4 Å². The number of hydrogen-bond acceptors (Lipinski definition) is 3. The second-order valence-corrected chi connectivity index (χ2v) is 7.25. The maximum Gasteiger partial charge on any atom is 0.255 e. The molecule has 0 radical (unpaired) electrons. The van der Waals surface area contributed by atoms with Gasteiger partial charge in [-0.25, -0.2) is 0 Å². The Bertz CT molecular complexity index is 1020. The molecule has 1 atom stereocenters. The van der Waals surface area contributed by atoms with Crippen LogP contribution in [0.5, 0.6) is 0 Å². The van der Waals surface area contributed by atoms with Crippen LogP contribution in [0.25, 0.3) is 0 Å². The van der Waals surface area contributed by atoms with E-state index in [0.29, 0.717) is 17.8 Å². The molecule has 1 aromatic heterocycles. The quantitative estimate of drug-likeness (QED) is 0.695. The van der Waals surface area contributed by atoms with Crippen molar-refractivity contribution < 1.29 is 9.59 Å². The Morgan fingerprint density at radius 3 is 2.69 bits per heavy atom. The molecule has 4 rings (SSSR count). The predicted octanol–water partition coefficient (Wildman–Crippen LogP) is 4.07. The number of rotatable bonds is 5. The van der Waals surface area contributed by atoms with E-state index in [2.05, 4.69) is 27.8 Å². The van der Waals surface area contributed by atoms with Gasteiger partial charge in [0.05, 0.1) is 5.92 Å². The summed E-state index contributed by atoms with van der Waals surface area (Å²) in [6.07, 6.45) is 6.13. The smallest absolute Gasteiger partial charge is 0.255 e. The van der Waals surface area contributed by atoms with Gasteiger partial charge < -0.3 is 10.6 Å². The standard InChI is InChI=1S/C24H23N3O2/c28-23(19-11-13-25-14-12-19)27-20-8-3-5-17(15-20)16-26-24(29)22-10-4-7-18-6-1-2-9-21(18)22/h1-3,5-6,8-9,11-15,22H,4,7,10,16H2,(H,26,29)(H,27,28). The number of nitrogens with one attached hydrogen (secondary N) is 2. The Hall–Kier alpha value is -3.47. The van der Waals surface area contributed by atoms with Crippen molar-refractivity contribution in [2.24, 2.45) is 0 Å². The van der Waals surface area contributed by atoms with E-state index in [4.69, 9.17) is 0 Å². The third-order valence-electron chi connectivity index (χ3n) is 5.28. The molecular weight excluding hydrogens is 362 g/mol. The normalized spacial score (nSPS) is 15.2. The van der Waals surface area contributed by atoms with Crippen LogP contribution in [0.15, 0.2) is 73.1 Å². The van der Waals surface area contributed by atoms with Crippen LogP contribution < -0.4 is 10.6 Å². The van der Waals surface area contributed by atoms with Crippen molar-refractivity contribution in [3.63, 3.8) is 0 Å². The fourth-order valence-electron chi connectivity index (χ4n) is 3.80. The van der Waals surface area contributed by atoms with Crippen LogP contribution in [0.1, 0.15) is 45.8 Å². The zero-order chi connectivity index (χ0) is 20.1. The fourth-order valence-corrected chi connectivity index (χ4v) is 3.80. The van der Waals surface area contributed by atoms with Gasteiger partial charge in [0.15, 0.2) is 0 Å². The summed E-state index contributed by atoms with van der Waals surface area (Å²) in [6, 6.07) is 19.1. The van der Waals surface area contributed by atoms with Gasteiger partial charge in [0.25, 0.3) is 5.91 Å². The molecule has 1 heterocycles. The summed E-state index contributed by atoms with van der Waals surface area (Å²) in [4.78, 5) is 29.0. The molecule has 0 fully saturated rings. The number of nitrogens with zero attached hydrogens (tertiary/aromatic N) is 1. The maximum absolute atomic E-state index is 12.8. The molecular formula is C24H23N3O2. The first-order valence-corrected chi connectivity index (χ1v) is 9.86. The van der Waals surface area contributed by atoms with Crippen molar-refractivity contribution in [1.29, 1.82) is 0 Å². The van der Waals surface area contributed by atoms with Gasteiger partial charge in [-0.15, -0.1) is 0 Å². The lowest BCUT2D eigenvalue weighted by molar-refractivity contribution is -0.123. The first-order valence-electron chi connectivity index (χ1n) is 9.86. The van der Waals surface area contributed by atoms with Crippen molar-refractivity contribution in [1.82, 2.24) is 10.3 Å². The molecule has 0 spiro atoms. The second kappa shape index (κ2) is 8.69. The highest BCUT2D eigenvalue weighted by atomic mass is 16.2. The summed E-state index contributed by atoms with van der Waals surface area (Å²) in [7, 11) is 0. The maximum atomic E-state index is 12.8. The van der Waals surface area contributed by atoms with Crippen LogP contribution in [-0.2, 0) is 17.8 Å². The number of amides is 2. The van der Waals surface area contributed by atoms with E-state index in [1.165, 1.54) is 5.56 Å². The van der Waals surface area contributed by atoms with E-state index >= 15 is 0 Å². The fraction of sp³-hybridized carbons (Fsp3) is 0.208. The monoisotopic (exact) mass is 385 g/mol. The van der Waals surface area contributed by atoms with Gasteiger partial charge in [-0.1, -0.05) is 36.4 Å². The number of fused-ring (bicyclic) bond motifs is 1. The van der Waals surface area contributed by atoms with Crippen LogP contribution in [-0.4, -0.2) is 16.8 Å². The van der Waals surface area contributed by atoms with E-state index in [1.54, 1.807) is 24.5 Å². The van der Waals surface area contributed by atoms with Crippen LogP contribution >= 0.6 is 0 Å². The average Bonchev–Trinajstić information content (AvgIpc) is 2.78. The van der Waals surface area contributed by atoms with Gasteiger partial charge in [-0.3, -0.25) is 14.6 Å². The molecule has 1 aliphatic carbocycles. The third kappa shape index (κ3) is 4.51. The molecule has 5 nitrogen and oxygen atoms in total. The summed E-state index contributed by atoms with van der Waals surface area (Å²) in [5.74, 6) is -0.217. The SMILES string of the molecule is O=C(Nc1cccc(CNC(=O)C2CCCc3ccccc32)c1)c1ccncc1. The summed E-state index contributed by atoms with van der Waals surface area (Å²) in [5, 5.41) is 5.95. The van der Waals surface area contributed by atoms with E-state index < -0.39 is 0 Å². The Labute approximate surface area is 170 Å². The zero-order valence-corrected chi connectivity index (χ0v) is 16.1. The van der Waals surface area contributed by atoms with E-state index in [1.807, 2.05) is 36.4 Å². The number of carbonyl (C=O) groups is 2. The van der Waals surface area contributed by atoms with Gasteiger partial charge in [0, 0.05) is 30.2 Å². The van der Waals surface area contributed by atoms with Crippen LogP contribution in [0.2, 0.25) is 0 Å². The topological polar surface area (TPSA) is 71.1 Å². The molecule has 5 heteroatoms. The molecule has 3 aromatic rings. The lowest BCUT2D eigenvalue weighted by atomic mass is 9.82. The molecule has 1 aliphatic rings. The number of aryl methyl sites for hydroxylation is 1. The largest absolute Gasteiger partial charge is 0.351 e. The molecule has 0 saturated heterocycles. The summed E-state index contributed by atoms with van der Waals surface area (Å²) < 4.78 is 0. The Kier molecular flexibility index (Phi) is 5.66. The molecule has 146 valence electrons. The third-order valence-corrected chi connectivity index (χ3v) is 5.28. The minimum Gasteiger partial charge on any atom is -0.351 e. The highest BCUT2D eigenvalue weighted by Gasteiger charge is 2.25. The molecule has 2 aromatic carbocycles. The number of hydrogen-bond donors (Lipinski definition) is 2. The van der Waals surface area contributed by atoms with Crippen molar-refractivity contribution in [3.05, 3.63) is 95.3 Å². The van der Waals surface area contributed by atoms with Crippen LogP contribution in [0.4, 0.5) is 5.69 Å². The summed E-state index contributed by atoms with van der Waals surface area (Å²) in [5.41, 5.74) is 4.61. The summed E-state index contributed by atoms with van der Waals surface area (Å²) in [6.45, 7) is 0.427. The van der Waals surface area contributed by atoms with Crippen molar-refractivity contribution in [2.75, 3.05) is 5.32 Å². The number of aromatic nitrogens is 1. The van der Waals surface area contributed by atoms with Gasteiger partial charge >= 0.3 is 0 Å². The molecule has 0 bridgehead atoms. The number of anilines is 1. The first-order chi connectivity index (χ1) is 14.2. The van der Waals surface area contributed by atoms with Crippen LogP contribution in [0.3, 0.4) is 0 Å². The predicted molar refractivity (Wildman–Crippen MR) is 113 cm³/mol. The highest BCUT2D eigenvalue weighted by molar-refractivity contribution is 6.04. The highest BCUT2D eigenvalue weighted by Crippen LogP contribution is 2.31. The van der Waals surface area contributed by atoms with Gasteiger partial charge in [0.2, 0.25) is 5.91 Å².